The van der Waals surface area contributed by atoms with Gasteiger partial charge in [-0.05, 0) is 28.2 Å². The summed E-state index contributed by atoms with van der Waals surface area (Å²) in [6.45, 7) is 4.32. The summed E-state index contributed by atoms with van der Waals surface area (Å²) in [7, 11) is 8.31. The lowest BCUT2D eigenvalue weighted by molar-refractivity contribution is 0.272. The van der Waals surface area contributed by atoms with Gasteiger partial charge in [0.25, 0.3) is 0 Å². The fourth-order valence-electron chi connectivity index (χ4n) is 0.798. The van der Waals surface area contributed by atoms with Crippen LogP contribution in [0.2, 0.25) is 0 Å². The van der Waals surface area contributed by atoms with Crippen LogP contribution < -0.4 is 0 Å². The third-order valence-electron chi connectivity index (χ3n) is 1.73. The molecule has 0 radical (unpaired) electrons. The first kappa shape index (κ1) is 12.2. The fourth-order valence-corrected chi connectivity index (χ4v) is 0.887. The average Bonchev–Trinajstić information content (AvgIpc) is 1.96. The number of nitrogens with zero attached hydrogens (tertiary/aromatic N) is 3. The Kier molecular flexibility index (Phi) is 6.84. The van der Waals surface area contributed by atoms with E-state index in [2.05, 4.69) is 43.8 Å². The van der Waals surface area contributed by atoms with E-state index in [-0.39, 0.29) is 0 Å². The molecule has 0 rings (SSSR count). The molecular weight excluding hydrogens is 170 g/mol. The van der Waals surface area contributed by atoms with Gasteiger partial charge < -0.3 is 9.80 Å². The molecule has 0 aliphatic carbocycles. The molecule has 0 aromatic rings. The topological polar surface area (TPSA) is 9.72 Å². The lowest BCUT2D eigenvalue weighted by Crippen LogP contribution is -2.32. The van der Waals surface area contributed by atoms with Crippen molar-refractivity contribution in [3.63, 3.8) is 0 Å². The van der Waals surface area contributed by atoms with E-state index >= 15 is 0 Å². The Hall–Kier alpha value is 0.230. The molecule has 0 bridgehead atoms. The van der Waals surface area contributed by atoms with Crippen molar-refractivity contribution in [3.8, 4) is 0 Å². The van der Waals surface area contributed by atoms with Crippen LogP contribution in [0.4, 0.5) is 0 Å². The van der Waals surface area contributed by atoms with Gasteiger partial charge in [-0.3, -0.25) is 4.31 Å². The van der Waals surface area contributed by atoms with Crippen LogP contribution in [-0.2, 0) is 0 Å². The van der Waals surface area contributed by atoms with Crippen molar-refractivity contribution in [1.82, 2.24) is 14.1 Å². The van der Waals surface area contributed by atoms with Crippen LogP contribution >= 0.6 is 12.8 Å². The van der Waals surface area contributed by atoms with Gasteiger partial charge in [-0.25, -0.2) is 0 Å². The number of thiol groups is 1. The normalized spacial score (nSPS) is 12.0. The van der Waals surface area contributed by atoms with Gasteiger partial charge in [0, 0.05) is 26.2 Å². The highest BCUT2D eigenvalue weighted by Crippen LogP contribution is 1.89. The first-order valence-electron chi connectivity index (χ1n) is 4.25. The van der Waals surface area contributed by atoms with E-state index in [0.29, 0.717) is 0 Å². The van der Waals surface area contributed by atoms with Crippen LogP contribution in [0, 0.1) is 0 Å². The molecule has 0 saturated carbocycles. The molecule has 0 amide bonds. The smallest absolute Gasteiger partial charge is 0.0212 e. The van der Waals surface area contributed by atoms with Gasteiger partial charge in [-0.15, -0.1) is 0 Å². The van der Waals surface area contributed by atoms with Gasteiger partial charge in [-0.2, -0.15) is 0 Å². The number of hydrogen-bond donors (Lipinski definition) is 1. The van der Waals surface area contributed by atoms with Crippen molar-refractivity contribution in [1.29, 1.82) is 0 Å². The zero-order valence-electron chi connectivity index (χ0n) is 8.62. The van der Waals surface area contributed by atoms with E-state index < -0.39 is 0 Å². The molecule has 74 valence electrons. The highest BCUT2D eigenvalue weighted by Gasteiger charge is 1.99. The molecule has 0 unspecified atom stereocenters. The number of rotatable bonds is 6. The minimum absolute atomic E-state index is 1.01. The summed E-state index contributed by atoms with van der Waals surface area (Å²) < 4.78 is 1.91. The molecule has 3 nitrogen and oxygen atoms in total. The summed E-state index contributed by atoms with van der Waals surface area (Å²) in [5, 5.41) is 0. The van der Waals surface area contributed by atoms with Crippen molar-refractivity contribution in [2.75, 3.05) is 54.4 Å². The quantitative estimate of drug-likeness (QED) is 0.604. The Bertz CT molecular complexity index is 94.5. The monoisotopic (exact) mass is 191 g/mol. The van der Waals surface area contributed by atoms with Crippen molar-refractivity contribution in [2.24, 2.45) is 0 Å². The first-order valence-corrected chi connectivity index (χ1v) is 4.65. The molecule has 0 heterocycles. The summed E-state index contributed by atoms with van der Waals surface area (Å²) in [5.74, 6) is 0. The largest absolute Gasteiger partial charge is 0.308 e. The predicted molar refractivity (Wildman–Crippen MR) is 57.7 cm³/mol. The van der Waals surface area contributed by atoms with E-state index in [1.807, 2.05) is 11.4 Å². The molecular formula is C8H21N3S. The Balaban J connectivity index is 3.27. The van der Waals surface area contributed by atoms with E-state index in [0.717, 1.165) is 26.2 Å². The first-order chi connectivity index (χ1) is 5.52. The van der Waals surface area contributed by atoms with E-state index in [9.17, 15) is 0 Å². The molecule has 0 atom stereocenters. The van der Waals surface area contributed by atoms with Crippen molar-refractivity contribution in [2.45, 2.75) is 0 Å². The summed E-state index contributed by atoms with van der Waals surface area (Å²) in [4.78, 5) is 4.51. The average molecular weight is 191 g/mol. The molecule has 0 fully saturated rings. The highest BCUT2D eigenvalue weighted by molar-refractivity contribution is 7.77. The third-order valence-corrected chi connectivity index (χ3v) is 1.93. The van der Waals surface area contributed by atoms with Crippen molar-refractivity contribution in [3.05, 3.63) is 0 Å². The summed E-state index contributed by atoms with van der Waals surface area (Å²) >= 11 is 4.18. The van der Waals surface area contributed by atoms with E-state index in [1.165, 1.54) is 0 Å². The maximum Gasteiger partial charge on any atom is 0.0212 e. The van der Waals surface area contributed by atoms with Crippen LogP contribution in [0.1, 0.15) is 0 Å². The SMILES string of the molecule is CN(C)CCN(C)CCN(C)S. The van der Waals surface area contributed by atoms with Crippen LogP contribution in [0.25, 0.3) is 0 Å². The Labute approximate surface area is 81.9 Å². The van der Waals surface area contributed by atoms with Crippen molar-refractivity contribution >= 4 is 12.8 Å². The van der Waals surface area contributed by atoms with Gasteiger partial charge >= 0.3 is 0 Å². The molecule has 0 aromatic carbocycles. The summed E-state index contributed by atoms with van der Waals surface area (Å²) in [6, 6.07) is 0. The second kappa shape index (κ2) is 6.71. The van der Waals surface area contributed by atoms with Crippen LogP contribution in [-0.4, -0.2) is 68.5 Å². The molecule has 0 N–H and O–H groups in total. The lowest BCUT2D eigenvalue weighted by atomic mass is 10.5. The second-order valence-electron chi connectivity index (χ2n) is 3.49. The summed E-state index contributed by atoms with van der Waals surface area (Å²) in [6.07, 6.45) is 0. The lowest BCUT2D eigenvalue weighted by Gasteiger charge is -2.20. The zero-order chi connectivity index (χ0) is 9.56. The molecule has 12 heavy (non-hydrogen) atoms. The fraction of sp³-hybridized carbons (Fsp3) is 1.00. The van der Waals surface area contributed by atoms with Gasteiger partial charge in [0.1, 0.15) is 0 Å². The van der Waals surface area contributed by atoms with Gasteiger partial charge in [0.2, 0.25) is 0 Å². The Morgan fingerprint density at radius 3 is 1.75 bits per heavy atom. The van der Waals surface area contributed by atoms with Gasteiger partial charge in [0.15, 0.2) is 0 Å². The number of likely N-dealkylation sites (N-methyl/N-ethyl adjacent to an activating group) is 3. The molecule has 0 saturated heterocycles. The highest BCUT2D eigenvalue weighted by atomic mass is 32.1. The second-order valence-corrected chi connectivity index (χ2v) is 4.17. The van der Waals surface area contributed by atoms with Crippen molar-refractivity contribution < 1.29 is 0 Å². The van der Waals surface area contributed by atoms with Gasteiger partial charge in [0.05, 0.1) is 0 Å². The van der Waals surface area contributed by atoms with E-state index in [1.54, 1.807) is 0 Å². The third kappa shape index (κ3) is 8.33. The molecule has 4 heteroatoms. The minimum atomic E-state index is 1.01. The Morgan fingerprint density at radius 2 is 1.33 bits per heavy atom. The summed E-state index contributed by atoms with van der Waals surface area (Å²) in [5.41, 5.74) is 0. The van der Waals surface area contributed by atoms with Crippen LogP contribution in [0.5, 0.6) is 0 Å². The minimum Gasteiger partial charge on any atom is -0.308 e. The van der Waals surface area contributed by atoms with Crippen LogP contribution in [0.3, 0.4) is 0 Å². The molecule has 0 aromatic heterocycles. The van der Waals surface area contributed by atoms with E-state index in [4.69, 9.17) is 0 Å². The maximum absolute atomic E-state index is 4.18. The molecule has 0 aliphatic rings. The zero-order valence-corrected chi connectivity index (χ0v) is 9.51. The van der Waals surface area contributed by atoms with Gasteiger partial charge in [-0.1, -0.05) is 12.8 Å². The van der Waals surface area contributed by atoms with Crippen LogP contribution in [0.15, 0.2) is 0 Å². The standard InChI is InChI=1S/C8H21N3S/c1-9(2)5-6-10(3)7-8-11(4)12/h12H,5-8H2,1-4H3. The number of hydrogen-bond acceptors (Lipinski definition) is 4. The Morgan fingerprint density at radius 1 is 0.833 bits per heavy atom. The maximum atomic E-state index is 4.18. The molecule has 0 aliphatic heterocycles. The molecule has 0 spiro atoms. The predicted octanol–water partition coefficient (Wildman–Crippen LogP) is 0.256.